The SMILES string of the molecule is C.S=C(CCCc1coc2ccccc12)SCc1ccc2ccccc2c1. The minimum Gasteiger partial charge on any atom is -0.464 e. The molecule has 0 unspecified atom stereocenters. The molecule has 4 rings (SSSR count). The topological polar surface area (TPSA) is 13.1 Å². The molecule has 0 spiro atoms. The molecule has 27 heavy (non-hydrogen) atoms. The van der Waals surface area contributed by atoms with Crippen molar-refractivity contribution in [2.24, 2.45) is 0 Å². The summed E-state index contributed by atoms with van der Waals surface area (Å²) in [5, 5.41) is 3.81. The number of fused-ring (bicyclic) bond motifs is 2. The van der Waals surface area contributed by atoms with Gasteiger partial charge >= 0.3 is 0 Å². The highest BCUT2D eigenvalue weighted by Gasteiger charge is 2.06. The first-order valence-electron chi connectivity index (χ1n) is 8.88. The molecular weight excluding hydrogens is 368 g/mol. The van der Waals surface area contributed by atoms with Crippen LogP contribution in [0.2, 0.25) is 0 Å². The van der Waals surface area contributed by atoms with Gasteiger partial charge in [0.2, 0.25) is 0 Å². The Morgan fingerprint density at radius 1 is 0.926 bits per heavy atom. The van der Waals surface area contributed by atoms with E-state index >= 15 is 0 Å². The van der Waals surface area contributed by atoms with Crippen LogP contribution in [0.4, 0.5) is 0 Å². The van der Waals surface area contributed by atoms with Crippen molar-refractivity contribution in [2.45, 2.75) is 32.4 Å². The maximum absolute atomic E-state index is 5.61. The summed E-state index contributed by atoms with van der Waals surface area (Å²) < 4.78 is 6.70. The second kappa shape index (κ2) is 9.20. The Kier molecular flexibility index (Phi) is 6.70. The summed E-state index contributed by atoms with van der Waals surface area (Å²) in [6.45, 7) is 0. The fourth-order valence-electron chi connectivity index (χ4n) is 3.21. The Bertz CT molecular complexity index is 1050. The van der Waals surface area contributed by atoms with Crippen molar-refractivity contribution in [2.75, 3.05) is 0 Å². The smallest absolute Gasteiger partial charge is 0.134 e. The van der Waals surface area contributed by atoms with E-state index in [-0.39, 0.29) is 7.43 Å². The molecule has 0 radical (unpaired) electrons. The second-order valence-electron chi connectivity index (χ2n) is 6.45. The number of hydrogen-bond acceptors (Lipinski definition) is 3. The third-order valence-corrected chi connectivity index (χ3v) is 6.16. The monoisotopic (exact) mass is 392 g/mol. The van der Waals surface area contributed by atoms with Crippen LogP contribution in [0.15, 0.2) is 77.4 Å². The van der Waals surface area contributed by atoms with Gasteiger partial charge in [-0.15, -0.1) is 11.8 Å². The predicted molar refractivity (Wildman–Crippen MR) is 124 cm³/mol. The van der Waals surface area contributed by atoms with Crippen LogP contribution in [0.5, 0.6) is 0 Å². The lowest BCUT2D eigenvalue weighted by Gasteiger charge is -2.05. The normalized spacial score (nSPS) is 10.8. The van der Waals surface area contributed by atoms with Crippen LogP contribution < -0.4 is 0 Å². The molecule has 0 fully saturated rings. The zero-order chi connectivity index (χ0) is 17.8. The van der Waals surface area contributed by atoms with Gasteiger partial charge in [0.15, 0.2) is 0 Å². The van der Waals surface area contributed by atoms with Crippen molar-refractivity contribution >= 4 is 49.9 Å². The van der Waals surface area contributed by atoms with Gasteiger partial charge in [0, 0.05) is 15.3 Å². The summed E-state index contributed by atoms with van der Waals surface area (Å²) in [5.74, 6) is 0.943. The van der Waals surface area contributed by atoms with E-state index < -0.39 is 0 Å². The Balaban J connectivity index is 0.00000210. The molecule has 0 saturated heterocycles. The quantitative estimate of drug-likeness (QED) is 0.311. The van der Waals surface area contributed by atoms with Crippen molar-refractivity contribution in [1.82, 2.24) is 0 Å². The lowest BCUT2D eigenvalue weighted by atomic mass is 10.1. The van der Waals surface area contributed by atoms with Gasteiger partial charge in [-0.25, -0.2) is 0 Å². The first-order chi connectivity index (χ1) is 12.8. The highest BCUT2D eigenvalue weighted by Crippen LogP contribution is 2.24. The van der Waals surface area contributed by atoms with E-state index in [4.69, 9.17) is 16.6 Å². The van der Waals surface area contributed by atoms with Crippen molar-refractivity contribution in [3.63, 3.8) is 0 Å². The summed E-state index contributed by atoms with van der Waals surface area (Å²) in [5.41, 5.74) is 3.58. The van der Waals surface area contributed by atoms with Crippen LogP contribution in [0.3, 0.4) is 0 Å². The average molecular weight is 393 g/mol. The number of aryl methyl sites for hydroxylation is 1. The Hall–Kier alpha value is -2.10. The minimum absolute atomic E-state index is 0. The number of thioether (sulfide) groups is 1. The number of thiocarbonyl (C=S) groups is 1. The van der Waals surface area contributed by atoms with Gasteiger partial charge in [0.1, 0.15) is 5.58 Å². The predicted octanol–water partition coefficient (Wildman–Crippen LogP) is 7.81. The van der Waals surface area contributed by atoms with Crippen LogP contribution in [-0.4, -0.2) is 4.20 Å². The third kappa shape index (κ3) is 4.79. The van der Waals surface area contributed by atoms with Gasteiger partial charge in [-0.2, -0.15) is 0 Å². The molecule has 0 aliphatic carbocycles. The molecule has 0 aliphatic heterocycles. The highest BCUT2D eigenvalue weighted by atomic mass is 32.2. The molecule has 138 valence electrons. The first-order valence-corrected chi connectivity index (χ1v) is 10.3. The Morgan fingerprint density at radius 2 is 1.70 bits per heavy atom. The molecule has 0 N–H and O–H groups in total. The van der Waals surface area contributed by atoms with Crippen LogP contribution >= 0.6 is 24.0 Å². The number of benzene rings is 3. The summed E-state index contributed by atoms with van der Waals surface area (Å²) in [6, 6.07) is 23.4. The summed E-state index contributed by atoms with van der Waals surface area (Å²) in [6.07, 6.45) is 4.92. The van der Waals surface area contributed by atoms with Gasteiger partial charge in [-0.1, -0.05) is 80.3 Å². The minimum atomic E-state index is 0. The summed E-state index contributed by atoms with van der Waals surface area (Å²) in [4.78, 5) is 0. The van der Waals surface area contributed by atoms with Crippen LogP contribution in [0.25, 0.3) is 21.7 Å². The van der Waals surface area contributed by atoms with Gasteiger partial charge in [0.25, 0.3) is 0 Å². The van der Waals surface area contributed by atoms with E-state index in [1.165, 1.54) is 27.3 Å². The highest BCUT2D eigenvalue weighted by molar-refractivity contribution is 8.22. The largest absolute Gasteiger partial charge is 0.464 e. The van der Waals surface area contributed by atoms with E-state index in [0.29, 0.717) is 0 Å². The summed E-state index contributed by atoms with van der Waals surface area (Å²) >= 11 is 7.37. The van der Waals surface area contributed by atoms with Crippen molar-refractivity contribution < 1.29 is 4.42 Å². The fourth-order valence-corrected chi connectivity index (χ4v) is 4.33. The number of rotatable bonds is 6. The first kappa shape index (κ1) is 19.7. The van der Waals surface area contributed by atoms with Crippen molar-refractivity contribution in [1.29, 1.82) is 0 Å². The van der Waals surface area contributed by atoms with E-state index in [0.717, 1.165) is 34.8 Å². The molecule has 3 heteroatoms. The molecule has 0 atom stereocenters. The maximum Gasteiger partial charge on any atom is 0.134 e. The Morgan fingerprint density at radius 3 is 2.59 bits per heavy atom. The number of para-hydroxylation sites is 1. The molecule has 0 aliphatic rings. The zero-order valence-electron chi connectivity index (χ0n) is 14.5. The Labute approximate surface area is 170 Å². The molecule has 4 aromatic rings. The molecule has 1 aromatic heterocycles. The molecule has 1 heterocycles. The van der Waals surface area contributed by atoms with E-state index in [1.807, 2.05) is 18.4 Å². The lowest BCUT2D eigenvalue weighted by Crippen LogP contribution is -1.93. The van der Waals surface area contributed by atoms with E-state index in [9.17, 15) is 0 Å². The maximum atomic E-state index is 5.61. The lowest BCUT2D eigenvalue weighted by molar-refractivity contribution is 0.609. The van der Waals surface area contributed by atoms with Crippen LogP contribution in [0, 0.1) is 0 Å². The second-order valence-corrected chi connectivity index (χ2v) is 8.27. The van der Waals surface area contributed by atoms with Gasteiger partial charge in [-0.05, 0) is 47.2 Å². The van der Waals surface area contributed by atoms with Crippen LogP contribution in [-0.2, 0) is 12.2 Å². The van der Waals surface area contributed by atoms with E-state index in [1.54, 1.807) is 11.8 Å². The zero-order valence-corrected chi connectivity index (χ0v) is 16.1. The van der Waals surface area contributed by atoms with Crippen LogP contribution in [0.1, 0.15) is 31.4 Å². The molecule has 0 saturated carbocycles. The number of hydrogen-bond donors (Lipinski definition) is 0. The molecule has 1 nitrogen and oxygen atoms in total. The van der Waals surface area contributed by atoms with Gasteiger partial charge in [-0.3, -0.25) is 0 Å². The van der Waals surface area contributed by atoms with Gasteiger partial charge in [0.05, 0.1) is 6.26 Å². The van der Waals surface area contributed by atoms with Crippen molar-refractivity contribution in [3.05, 3.63) is 84.1 Å². The van der Waals surface area contributed by atoms with E-state index in [2.05, 4.69) is 54.6 Å². The van der Waals surface area contributed by atoms with Crippen molar-refractivity contribution in [3.8, 4) is 0 Å². The fraction of sp³-hybridized carbons (Fsp3) is 0.208. The molecule has 0 bridgehead atoms. The molecule has 3 aromatic carbocycles. The summed E-state index contributed by atoms with van der Waals surface area (Å²) in [7, 11) is 0. The molecule has 0 amide bonds. The standard InChI is InChI=1S/C23H20OS2.CH4/c25-23(11-5-8-20-15-24-22-10-4-3-9-21(20)22)26-16-17-12-13-18-6-1-2-7-19(18)14-17;/h1-4,6-7,9-10,12-15H,5,8,11,16H2;1H4. The third-order valence-electron chi connectivity index (χ3n) is 4.60. The average Bonchev–Trinajstić information content (AvgIpc) is 3.09. The van der Waals surface area contributed by atoms with Gasteiger partial charge < -0.3 is 4.42 Å². The molecular formula is C24H24OS2. The number of furan rings is 1.